The molecule has 6 heteroatoms. The van der Waals surface area contributed by atoms with Crippen LogP contribution < -0.4 is 9.47 Å². The summed E-state index contributed by atoms with van der Waals surface area (Å²) >= 11 is 1.72. The maximum Gasteiger partial charge on any atom is 0.192 e. The Hall–Kier alpha value is -2.73. The van der Waals surface area contributed by atoms with Crippen LogP contribution in [0.4, 0.5) is 0 Å². The molecule has 3 aromatic rings. The Kier molecular flexibility index (Phi) is 5.97. The van der Waals surface area contributed by atoms with E-state index >= 15 is 0 Å². The fourth-order valence-electron chi connectivity index (χ4n) is 3.18. The molecule has 0 saturated carbocycles. The van der Waals surface area contributed by atoms with Gasteiger partial charge in [0.1, 0.15) is 6.61 Å². The zero-order chi connectivity index (χ0) is 19.2. The second kappa shape index (κ2) is 8.97. The fourth-order valence-corrected chi connectivity index (χ4v) is 4.07. The summed E-state index contributed by atoms with van der Waals surface area (Å²) in [5.41, 5.74) is 1.36. The Morgan fingerprint density at radius 3 is 2.68 bits per heavy atom. The summed E-state index contributed by atoms with van der Waals surface area (Å²) in [7, 11) is 0. The number of aromatic nitrogens is 3. The predicted molar refractivity (Wildman–Crippen MR) is 111 cm³/mol. The van der Waals surface area contributed by atoms with E-state index in [9.17, 15) is 0 Å². The first-order valence-corrected chi connectivity index (χ1v) is 10.4. The number of nitrogens with zero attached hydrogens (tertiary/aromatic N) is 3. The van der Waals surface area contributed by atoms with Gasteiger partial charge >= 0.3 is 0 Å². The maximum absolute atomic E-state index is 6.11. The Bertz CT molecular complexity index is 927. The summed E-state index contributed by atoms with van der Waals surface area (Å²) in [6.07, 6.45) is 3.73. The van der Waals surface area contributed by atoms with Gasteiger partial charge in [-0.3, -0.25) is 4.57 Å². The lowest BCUT2D eigenvalue weighted by molar-refractivity contribution is 0.0821. The lowest BCUT2D eigenvalue weighted by Gasteiger charge is -2.26. The van der Waals surface area contributed by atoms with Crippen molar-refractivity contribution in [1.82, 2.24) is 14.8 Å². The number of benzene rings is 2. The molecule has 0 bridgehead atoms. The molecule has 5 nitrogen and oxygen atoms in total. The molecule has 1 aliphatic heterocycles. The summed E-state index contributed by atoms with van der Waals surface area (Å²) in [6, 6.07) is 18.2. The lowest BCUT2D eigenvalue weighted by Crippen LogP contribution is -2.25. The van der Waals surface area contributed by atoms with Gasteiger partial charge in [-0.25, -0.2) is 0 Å². The fraction of sp³-hybridized carbons (Fsp3) is 0.273. The van der Waals surface area contributed by atoms with Crippen LogP contribution in [0, 0.1) is 0 Å². The highest BCUT2D eigenvalue weighted by atomic mass is 32.2. The van der Waals surface area contributed by atoms with Crippen molar-refractivity contribution in [2.24, 2.45) is 0 Å². The van der Waals surface area contributed by atoms with Gasteiger partial charge in [-0.15, -0.1) is 16.8 Å². The molecule has 0 aliphatic carbocycles. The molecule has 0 saturated heterocycles. The first-order chi connectivity index (χ1) is 13.8. The molecule has 0 spiro atoms. The van der Waals surface area contributed by atoms with Crippen LogP contribution in [0.15, 0.2) is 72.4 Å². The molecule has 4 rings (SSSR count). The van der Waals surface area contributed by atoms with E-state index in [1.165, 1.54) is 5.56 Å². The van der Waals surface area contributed by atoms with E-state index in [1.807, 2.05) is 36.4 Å². The number of hydrogen-bond donors (Lipinski definition) is 0. The zero-order valence-electron chi connectivity index (χ0n) is 15.7. The third kappa shape index (κ3) is 4.22. The number of hydrogen-bond acceptors (Lipinski definition) is 5. The van der Waals surface area contributed by atoms with Gasteiger partial charge in [-0.1, -0.05) is 60.3 Å². The molecular formula is C22H23N3O2S. The highest BCUT2D eigenvalue weighted by Gasteiger charge is 2.28. The summed E-state index contributed by atoms with van der Waals surface area (Å²) in [4.78, 5) is 0. The minimum atomic E-state index is -0.277. The molecular weight excluding hydrogens is 370 g/mol. The molecule has 0 N–H and O–H groups in total. The third-order valence-corrected chi connectivity index (χ3v) is 5.59. The largest absolute Gasteiger partial charge is 0.485 e. The zero-order valence-corrected chi connectivity index (χ0v) is 16.5. The number of allylic oxidation sites excluding steroid dienone is 1. The van der Waals surface area contributed by atoms with Gasteiger partial charge in [-0.05, 0) is 30.5 Å². The van der Waals surface area contributed by atoms with E-state index < -0.39 is 0 Å². The van der Waals surface area contributed by atoms with Gasteiger partial charge in [0.15, 0.2) is 28.6 Å². The third-order valence-electron chi connectivity index (χ3n) is 4.54. The molecule has 144 valence electrons. The first-order valence-electron chi connectivity index (χ1n) is 9.44. The smallest absolute Gasteiger partial charge is 0.192 e. The SMILES string of the molecule is C=CCn1c(SCCCc2ccccc2)nnc1C1COc2ccccc2O1. The first kappa shape index (κ1) is 18.6. The Labute approximate surface area is 169 Å². The van der Waals surface area contributed by atoms with Gasteiger partial charge in [0.25, 0.3) is 0 Å². The molecule has 0 amide bonds. The standard InChI is InChI=1S/C22H23N3O2S/c1-2-14-25-21(20-16-26-18-12-6-7-13-19(18)27-20)23-24-22(25)28-15-8-11-17-9-4-3-5-10-17/h2-7,9-10,12-13,20H,1,8,11,14-16H2. The van der Waals surface area contributed by atoms with Crippen molar-refractivity contribution in [2.75, 3.05) is 12.4 Å². The van der Waals surface area contributed by atoms with Crippen LogP contribution in [0.25, 0.3) is 0 Å². The molecule has 28 heavy (non-hydrogen) atoms. The van der Waals surface area contributed by atoms with Gasteiger partial charge in [0.05, 0.1) is 0 Å². The van der Waals surface area contributed by atoms with Crippen molar-refractivity contribution in [3.05, 3.63) is 78.6 Å². The van der Waals surface area contributed by atoms with Crippen LogP contribution in [0.1, 0.15) is 23.9 Å². The van der Waals surface area contributed by atoms with Crippen molar-refractivity contribution >= 4 is 11.8 Å². The van der Waals surface area contributed by atoms with Crippen LogP contribution in [-0.2, 0) is 13.0 Å². The van der Waals surface area contributed by atoms with Crippen LogP contribution in [0.5, 0.6) is 11.5 Å². The lowest BCUT2D eigenvalue weighted by atomic mass is 10.1. The number of aryl methyl sites for hydroxylation is 1. The normalized spacial score (nSPS) is 15.4. The number of rotatable bonds is 8. The van der Waals surface area contributed by atoms with Crippen LogP contribution in [-0.4, -0.2) is 27.1 Å². The van der Waals surface area contributed by atoms with Crippen molar-refractivity contribution < 1.29 is 9.47 Å². The average molecular weight is 394 g/mol. The molecule has 1 unspecified atom stereocenters. The average Bonchev–Trinajstić information content (AvgIpc) is 3.14. The molecule has 1 aromatic heterocycles. The molecule has 2 heterocycles. The summed E-state index contributed by atoms with van der Waals surface area (Å²) in [5.74, 6) is 3.27. The van der Waals surface area contributed by atoms with Gasteiger partial charge in [0, 0.05) is 12.3 Å². The minimum Gasteiger partial charge on any atom is -0.485 e. The van der Waals surface area contributed by atoms with Crippen LogP contribution in [0.3, 0.4) is 0 Å². The number of para-hydroxylation sites is 2. The molecule has 0 fully saturated rings. The van der Waals surface area contributed by atoms with Crippen molar-refractivity contribution in [1.29, 1.82) is 0 Å². The van der Waals surface area contributed by atoms with Gasteiger partial charge < -0.3 is 9.47 Å². The van der Waals surface area contributed by atoms with E-state index in [2.05, 4.69) is 45.6 Å². The number of thioether (sulfide) groups is 1. The quantitative estimate of drug-likeness (QED) is 0.315. The highest BCUT2D eigenvalue weighted by molar-refractivity contribution is 7.99. The maximum atomic E-state index is 6.11. The highest BCUT2D eigenvalue weighted by Crippen LogP contribution is 2.36. The summed E-state index contributed by atoms with van der Waals surface area (Å²) in [6.45, 7) is 4.94. The van der Waals surface area contributed by atoms with Crippen LogP contribution >= 0.6 is 11.8 Å². The van der Waals surface area contributed by atoms with Crippen molar-refractivity contribution in [3.8, 4) is 11.5 Å². The van der Waals surface area contributed by atoms with Crippen molar-refractivity contribution in [3.63, 3.8) is 0 Å². The second-order valence-electron chi connectivity index (χ2n) is 6.54. The minimum absolute atomic E-state index is 0.277. The summed E-state index contributed by atoms with van der Waals surface area (Å²) < 4.78 is 14.0. The predicted octanol–water partition coefficient (Wildman–Crippen LogP) is 4.70. The Balaban J connectivity index is 1.42. The molecule has 1 aliphatic rings. The molecule has 0 radical (unpaired) electrons. The Morgan fingerprint density at radius 1 is 1.07 bits per heavy atom. The summed E-state index contributed by atoms with van der Waals surface area (Å²) in [5, 5.41) is 9.70. The van der Waals surface area contributed by atoms with E-state index in [-0.39, 0.29) is 6.10 Å². The van der Waals surface area contributed by atoms with Gasteiger partial charge in [-0.2, -0.15) is 0 Å². The molecule has 1 atom stereocenters. The van der Waals surface area contributed by atoms with Crippen molar-refractivity contribution in [2.45, 2.75) is 30.6 Å². The van der Waals surface area contributed by atoms with E-state index in [1.54, 1.807) is 11.8 Å². The van der Waals surface area contributed by atoms with Crippen LogP contribution in [0.2, 0.25) is 0 Å². The second-order valence-corrected chi connectivity index (χ2v) is 7.60. The topological polar surface area (TPSA) is 49.2 Å². The van der Waals surface area contributed by atoms with E-state index in [0.717, 1.165) is 41.1 Å². The number of ether oxygens (including phenoxy) is 2. The molecule has 2 aromatic carbocycles. The number of fused-ring (bicyclic) bond motifs is 1. The van der Waals surface area contributed by atoms with Gasteiger partial charge in [0.2, 0.25) is 0 Å². The monoisotopic (exact) mass is 393 g/mol. The van der Waals surface area contributed by atoms with E-state index in [4.69, 9.17) is 9.47 Å². The Morgan fingerprint density at radius 2 is 1.86 bits per heavy atom. The van der Waals surface area contributed by atoms with E-state index in [0.29, 0.717) is 13.2 Å².